The van der Waals surface area contributed by atoms with E-state index in [9.17, 15) is 13.2 Å². The van der Waals surface area contributed by atoms with Gasteiger partial charge in [-0.3, -0.25) is 0 Å². The Morgan fingerprint density at radius 3 is 2.52 bits per heavy atom. The Bertz CT molecular complexity index is 711. The fourth-order valence-electron chi connectivity index (χ4n) is 3.33. The van der Waals surface area contributed by atoms with Gasteiger partial charge < -0.3 is 10.3 Å². The van der Waals surface area contributed by atoms with Crippen LogP contribution in [0.5, 0.6) is 0 Å². The number of nitrogens with zero attached hydrogens (tertiary/aromatic N) is 2. The Balaban J connectivity index is 0.00000225. The minimum Gasteiger partial charge on any atom is -0.339 e. The van der Waals surface area contributed by atoms with Crippen LogP contribution in [0.4, 0.5) is 13.2 Å². The zero-order valence-corrected chi connectivity index (χ0v) is 14.7. The van der Waals surface area contributed by atoms with E-state index in [2.05, 4.69) is 10.1 Å². The highest BCUT2D eigenvalue weighted by Gasteiger charge is 2.37. The van der Waals surface area contributed by atoms with Crippen molar-refractivity contribution >= 4 is 12.4 Å². The van der Waals surface area contributed by atoms with Crippen molar-refractivity contribution in [2.75, 3.05) is 0 Å². The fraction of sp³-hybridized carbons (Fsp3) is 0.529. The SMILES string of the molecule is CC(Cc1nc(C2(N)CCCC2)no1)c1ccccc1C(F)(F)F.Cl. The highest BCUT2D eigenvalue weighted by Crippen LogP contribution is 2.37. The van der Waals surface area contributed by atoms with Gasteiger partial charge in [-0.2, -0.15) is 18.2 Å². The molecule has 2 N–H and O–H groups in total. The molecule has 25 heavy (non-hydrogen) atoms. The van der Waals surface area contributed by atoms with Gasteiger partial charge in [0.1, 0.15) is 0 Å². The number of hydrogen-bond donors (Lipinski definition) is 1. The van der Waals surface area contributed by atoms with Crippen LogP contribution in [-0.4, -0.2) is 10.1 Å². The first kappa shape index (κ1) is 19.7. The largest absolute Gasteiger partial charge is 0.416 e. The molecule has 1 aromatic carbocycles. The van der Waals surface area contributed by atoms with E-state index in [1.807, 2.05) is 0 Å². The lowest BCUT2D eigenvalue weighted by Crippen LogP contribution is -2.34. The van der Waals surface area contributed by atoms with Gasteiger partial charge in [-0.05, 0) is 30.4 Å². The topological polar surface area (TPSA) is 64.9 Å². The summed E-state index contributed by atoms with van der Waals surface area (Å²) in [7, 11) is 0. The van der Waals surface area contributed by atoms with Crippen LogP contribution < -0.4 is 5.73 Å². The minimum atomic E-state index is -4.38. The van der Waals surface area contributed by atoms with Gasteiger partial charge in [-0.15, -0.1) is 12.4 Å². The molecule has 8 heteroatoms. The predicted molar refractivity (Wildman–Crippen MR) is 89.4 cm³/mol. The number of aromatic nitrogens is 2. The van der Waals surface area contributed by atoms with E-state index in [1.165, 1.54) is 12.1 Å². The van der Waals surface area contributed by atoms with Crippen LogP contribution in [0.25, 0.3) is 0 Å². The van der Waals surface area contributed by atoms with Crippen molar-refractivity contribution in [3.63, 3.8) is 0 Å². The fourth-order valence-corrected chi connectivity index (χ4v) is 3.33. The predicted octanol–water partition coefficient (Wildman–Crippen LogP) is 4.58. The molecule has 1 aromatic heterocycles. The Morgan fingerprint density at radius 1 is 1.24 bits per heavy atom. The zero-order valence-electron chi connectivity index (χ0n) is 13.8. The minimum absolute atomic E-state index is 0. The normalized spacial score (nSPS) is 18.0. The molecule has 0 saturated heterocycles. The molecule has 3 rings (SSSR count). The summed E-state index contributed by atoms with van der Waals surface area (Å²) in [4.78, 5) is 4.34. The van der Waals surface area contributed by atoms with Crippen molar-refractivity contribution < 1.29 is 17.7 Å². The van der Waals surface area contributed by atoms with E-state index in [1.54, 1.807) is 13.0 Å². The van der Waals surface area contributed by atoms with E-state index in [4.69, 9.17) is 10.3 Å². The Morgan fingerprint density at radius 2 is 1.88 bits per heavy atom. The maximum atomic E-state index is 13.1. The smallest absolute Gasteiger partial charge is 0.339 e. The molecule has 1 heterocycles. The van der Waals surface area contributed by atoms with Crippen LogP contribution >= 0.6 is 12.4 Å². The lowest BCUT2D eigenvalue weighted by Gasteiger charge is -2.18. The summed E-state index contributed by atoms with van der Waals surface area (Å²) in [6, 6.07) is 5.58. The summed E-state index contributed by atoms with van der Waals surface area (Å²) < 4.78 is 44.7. The van der Waals surface area contributed by atoms with E-state index in [0.29, 0.717) is 11.7 Å². The summed E-state index contributed by atoms with van der Waals surface area (Å²) in [5.74, 6) is 0.394. The standard InChI is InChI=1S/C17H20F3N3O.ClH/c1-11(12-6-2-3-7-13(12)17(18,19)20)10-14-22-15(23-24-14)16(21)8-4-5-9-16;/h2-3,6-7,11H,4-5,8-10,21H2,1H3;1H. The van der Waals surface area contributed by atoms with Crippen LogP contribution in [0.15, 0.2) is 28.8 Å². The van der Waals surface area contributed by atoms with Gasteiger partial charge in [0, 0.05) is 6.42 Å². The molecule has 1 aliphatic rings. The Labute approximate surface area is 150 Å². The maximum Gasteiger partial charge on any atom is 0.416 e. The van der Waals surface area contributed by atoms with Crippen molar-refractivity contribution in [1.29, 1.82) is 0 Å². The molecule has 1 saturated carbocycles. The second-order valence-corrected chi connectivity index (χ2v) is 6.57. The molecule has 138 valence electrons. The number of rotatable bonds is 4. The van der Waals surface area contributed by atoms with Crippen LogP contribution in [0.2, 0.25) is 0 Å². The zero-order chi connectivity index (χ0) is 17.4. The molecule has 0 radical (unpaired) electrons. The lowest BCUT2D eigenvalue weighted by molar-refractivity contribution is -0.138. The number of halogens is 4. The molecule has 0 spiro atoms. The molecule has 0 aliphatic heterocycles. The van der Waals surface area contributed by atoms with E-state index in [0.717, 1.165) is 31.7 Å². The molecule has 1 unspecified atom stereocenters. The second-order valence-electron chi connectivity index (χ2n) is 6.57. The second kappa shape index (κ2) is 7.33. The van der Waals surface area contributed by atoms with Gasteiger partial charge in [0.2, 0.25) is 5.89 Å². The summed E-state index contributed by atoms with van der Waals surface area (Å²) >= 11 is 0. The number of hydrogen-bond acceptors (Lipinski definition) is 4. The summed E-state index contributed by atoms with van der Waals surface area (Å²) in [5, 5.41) is 3.95. The van der Waals surface area contributed by atoms with E-state index in [-0.39, 0.29) is 24.4 Å². The van der Waals surface area contributed by atoms with Gasteiger partial charge >= 0.3 is 6.18 Å². The van der Waals surface area contributed by atoms with Gasteiger partial charge in [-0.1, -0.05) is 43.1 Å². The van der Waals surface area contributed by atoms with Crippen LogP contribution in [0.1, 0.15) is 61.4 Å². The van der Waals surface area contributed by atoms with Crippen LogP contribution in [0.3, 0.4) is 0 Å². The molecule has 1 aliphatic carbocycles. The van der Waals surface area contributed by atoms with Gasteiger partial charge in [0.15, 0.2) is 5.82 Å². The van der Waals surface area contributed by atoms with E-state index < -0.39 is 23.2 Å². The molecule has 1 fully saturated rings. The van der Waals surface area contributed by atoms with E-state index >= 15 is 0 Å². The highest BCUT2D eigenvalue weighted by atomic mass is 35.5. The molecule has 0 bridgehead atoms. The molecule has 1 atom stereocenters. The average molecular weight is 376 g/mol. The third kappa shape index (κ3) is 4.15. The third-order valence-corrected chi connectivity index (χ3v) is 4.69. The molecule has 0 amide bonds. The number of alkyl halides is 3. The number of benzene rings is 1. The first-order valence-electron chi connectivity index (χ1n) is 8.08. The first-order chi connectivity index (χ1) is 11.3. The first-order valence-corrected chi connectivity index (χ1v) is 8.08. The molecular weight excluding hydrogens is 355 g/mol. The summed E-state index contributed by atoms with van der Waals surface area (Å²) in [6.45, 7) is 1.72. The number of nitrogens with two attached hydrogens (primary N) is 1. The van der Waals surface area contributed by atoms with Crippen molar-refractivity contribution in [3.8, 4) is 0 Å². The maximum absolute atomic E-state index is 13.1. The van der Waals surface area contributed by atoms with Crippen molar-refractivity contribution in [2.24, 2.45) is 5.73 Å². The lowest BCUT2D eigenvalue weighted by atomic mass is 9.92. The summed E-state index contributed by atoms with van der Waals surface area (Å²) in [5.41, 5.74) is 5.33. The van der Waals surface area contributed by atoms with Crippen LogP contribution in [-0.2, 0) is 18.1 Å². The molecule has 2 aromatic rings. The molecule has 4 nitrogen and oxygen atoms in total. The van der Waals surface area contributed by atoms with Crippen molar-refractivity contribution in [1.82, 2.24) is 10.1 Å². The summed E-state index contributed by atoms with van der Waals surface area (Å²) in [6.07, 6.45) is -0.478. The average Bonchev–Trinajstić information content (AvgIpc) is 3.16. The van der Waals surface area contributed by atoms with Crippen molar-refractivity contribution in [3.05, 3.63) is 47.1 Å². The van der Waals surface area contributed by atoms with Crippen molar-refractivity contribution in [2.45, 2.75) is 56.7 Å². The Hall–Kier alpha value is -1.60. The molecular formula is C17H21ClF3N3O. The monoisotopic (exact) mass is 375 g/mol. The van der Waals surface area contributed by atoms with Gasteiger partial charge in [-0.25, -0.2) is 0 Å². The highest BCUT2D eigenvalue weighted by molar-refractivity contribution is 5.85. The van der Waals surface area contributed by atoms with Crippen LogP contribution in [0, 0.1) is 0 Å². The third-order valence-electron chi connectivity index (χ3n) is 4.69. The quantitative estimate of drug-likeness (QED) is 0.849. The van der Waals surface area contributed by atoms with Gasteiger partial charge in [0.25, 0.3) is 0 Å². The Kier molecular flexibility index (Phi) is 5.79. The van der Waals surface area contributed by atoms with Gasteiger partial charge in [0.05, 0.1) is 11.1 Å².